The highest BCUT2D eigenvalue weighted by molar-refractivity contribution is 5.79. The van der Waals surface area contributed by atoms with Crippen LogP contribution in [0, 0.1) is 0 Å². The summed E-state index contributed by atoms with van der Waals surface area (Å²) in [6, 6.07) is 0. The number of rotatable bonds is 4. The summed E-state index contributed by atoms with van der Waals surface area (Å²) in [5.74, 6) is -1.14. The summed E-state index contributed by atoms with van der Waals surface area (Å²) in [6.45, 7) is 8.46. The van der Waals surface area contributed by atoms with Gasteiger partial charge in [0.15, 0.2) is 23.9 Å². The number of hydrogen-bond acceptors (Lipinski definition) is 9. The Labute approximate surface area is 159 Å². The third kappa shape index (κ3) is 3.39. The van der Waals surface area contributed by atoms with E-state index in [0.717, 1.165) is 6.42 Å². The van der Waals surface area contributed by atoms with Crippen LogP contribution in [-0.2, 0) is 38.1 Å². The minimum Gasteiger partial charge on any atom is -0.467 e. The first kappa shape index (κ1) is 19.5. The van der Waals surface area contributed by atoms with Crippen LogP contribution >= 0.6 is 0 Å². The largest absolute Gasteiger partial charge is 0.467 e. The van der Waals surface area contributed by atoms with Gasteiger partial charge in [-0.3, -0.25) is 4.84 Å². The highest BCUT2D eigenvalue weighted by atomic mass is 16.8. The topological polar surface area (TPSA) is 84.9 Å². The highest BCUT2D eigenvalue weighted by Crippen LogP contribution is 2.44. The molecule has 154 valence electrons. The van der Waals surface area contributed by atoms with E-state index in [-0.39, 0.29) is 30.7 Å². The molecule has 0 aromatic heterocycles. The maximum absolute atomic E-state index is 12.1. The van der Waals surface area contributed by atoms with Crippen molar-refractivity contribution in [1.82, 2.24) is 5.06 Å². The van der Waals surface area contributed by atoms with Gasteiger partial charge in [0.05, 0.1) is 13.7 Å². The molecule has 7 atom stereocenters. The van der Waals surface area contributed by atoms with Gasteiger partial charge in [-0.05, 0) is 27.2 Å². The molecule has 9 nitrogen and oxygen atoms in total. The maximum atomic E-state index is 12.1. The Bertz CT molecular complexity index is 586. The summed E-state index contributed by atoms with van der Waals surface area (Å²) in [5, 5.41) is 1.67. The third-order valence-corrected chi connectivity index (χ3v) is 5.57. The van der Waals surface area contributed by atoms with Crippen LogP contribution in [0.1, 0.15) is 40.5 Å². The molecule has 0 saturated carbocycles. The molecule has 7 unspecified atom stereocenters. The summed E-state index contributed by atoms with van der Waals surface area (Å²) in [7, 11) is 1.36. The second-order valence-electron chi connectivity index (χ2n) is 8.11. The van der Waals surface area contributed by atoms with Gasteiger partial charge in [0.2, 0.25) is 0 Å². The molecular weight excluding hydrogens is 358 g/mol. The molecule has 27 heavy (non-hydrogen) atoms. The Morgan fingerprint density at radius 2 is 1.89 bits per heavy atom. The number of hydrogen-bond donors (Lipinski definition) is 0. The third-order valence-electron chi connectivity index (χ3n) is 5.57. The van der Waals surface area contributed by atoms with E-state index in [1.54, 1.807) is 12.0 Å². The monoisotopic (exact) mass is 387 g/mol. The molecule has 0 aromatic rings. The van der Waals surface area contributed by atoms with Crippen LogP contribution in [0.2, 0.25) is 0 Å². The van der Waals surface area contributed by atoms with Crippen LogP contribution in [0.4, 0.5) is 0 Å². The molecule has 9 heteroatoms. The normalized spacial score (nSPS) is 46.7. The van der Waals surface area contributed by atoms with E-state index in [4.69, 9.17) is 33.3 Å². The van der Waals surface area contributed by atoms with E-state index in [1.807, 2.05) is 20.8 Å². The van der Waals surface area contributed by atoms with Crippen molar-refractivity contribution in [1.29, 1.82) is 0 Å². The van der Waals surface area contributed by atoms with Crippen LogP contribution in [0.5, 0.6) is 0 Å². The minimum absolute atomic E-state index is 0.225. The Hall–Kier alpha value is -0.810. The van der Waals surface area contributed by atoms with Gasteiger partial charge < -0.3 is 28.4 Å². The second kappa shape index (κ2) is 6.91. The lowest BCUT2D eigenvalue weighted by Gasteiger charge is -2.30. The fraction of sp³-hybridized carbons (Fsp3) is 0.944. The van der Waals surface area contributed by atoms with Crippen molar-refractivity contribution in [3.8, 4) is 0 Å². The highest BCUT2D eigenvalue weighted by Gasteiger charge is 2.61. The summed E-state index contributed by atoms with van der Waals surface area (Å²) < 4.78 is 35.0. The fourth-order valence-electron chi connectivity index (χ4n) is 4.21. The molecule has 4 fully saturated rings. The number of esters is 1. The quantitative estimate of drug-likeness (QED) is 0.655. The molecule has 4 heterocycles. The van der Waals surface area contributed by atoms with E-state index in [2.05, 4.69) is 0 Å². The molecule has 0 spiro atoms. The van der Waals surface area contributed by atoms with Crippen molar-refractivity contribution in [2.45, 2.75) is 88.9 Å². The summed E-state index contributed by atoms with van der Waals surface area (Å²) in [4.78, 5) is 18.0. The van der Waals surface area contributed by atoms with Gasteiger partial charge in [-0.15, -0.1) is 0 Å². The van der Waals surface area contributed by atoms with Gasteiger partial charge in [0, 0.05) is 13.0 Å². The lowest BCUT2D eigenvalue weighted by Crippen LogP contribution is -2.45. The van der Waals surface area contributed by atoms with Crippen molar-refractivity contribution in [2.24, 2.45) is 0 Å². The smallest absolute Gasteiger partial charge is 0.340 e. The van der Waals surface area contributed by atoms with E-state index in [1.165, 1.54) is 7.11 Å². The molecule has 0 radical (unpaired) electrons. The zero-order chi connectivity index (χ0) is 19.4. The predicted octanol–water partition coefficient (Wildman–Crippen LogP) is 0.952. The number of hydroxylamine groups is 2. The van der Waals surface area contributed by atoms with E-state index in [9.17, 15) is 4.79 Å². The first-order chi connectivity index (χ1) is 12.8. The summed E-state index contributed by atoms with van der Waals surface area (Å²) >= 11 is 0. The van der Waals surface area contributed by atoms with Gasteiger partial charge in [-0.25, -0.2) is 4.79 Å². The van der Waals surface area contributed by atoms with Crippen LogP contribution in [0.15, 0.2) is 0 Å². The number of ether oxygens (including phenoxy) is 6. The predicted molar refractivity (Wildman–Crippen MR) is 90.2 cm³/mol. The number of methoxy groups -OCH3 is 1. The number of nitrogens with zero attached hydrogens (tertiary/aromatic N) is 1. The van der Waals surface area contributed by atoms with Crippen molar-refractivity contribution in [2.75, 3.05) is 20.3 Å². The molecule has 4 aliphatic heterocycles. The fourth-order valence-corrected chi connectivity index (χ4v) is 4.21. The lowest BCUT2D eigenvalue weighted by molar-refractivity contribution is -0.293. The maximum Gasteiger partial charge on any atom is 0.340 e. The van der Waals surface area contributed by atoms with Gasteiger partial charge in [0.1, 0.15) is 24.4 Å². The minimum atomic E-state index is -1.03. The summed E-state index contributed by atoms with van der Waals surface area (Å²) in [6.07, 6.45) is -0.679. The average molecular weight is 387 g/mol. The Kier molecular flexibility index (Phi) is 4.99. The molecule has 4 saturated heterocycles. The molecule has 0 aromatic carbocycles. The van der Waals surface area contributed by atoms with Gasteiger partial charge in [-0.1, -0.05) is 6.92 Å². The second-order valence-corrected chi connectivity index (χ2v) is 8.11. The van der Waals surface area contributed by atoms with Gasteiger partial charge in [-0.2, -0.15) is 5.06 Å². The zero-order valence-corrected chi connectivity index (χ0v) is 16.5. The molecule has 4 aliphatic rings. The van der Waals surface area contributed by atoms with Gasteiger partial charge in [0.25, 0.3) is 0 Å². The standard InChI is InChI=1S/C18H29NO8/c1-6-11-22-9-10(23-11)12-13-14(26-17(2,3)25-13)15(24-12)19-8-7-18(4,27-19)16(20)21-5/h10-15H,6-9H2,1-5H3. The van der Waals surface area contributed by atoms with Crippen molar-refractivity contribution < 1.29 is 38.1 Å². The van der Waals surface area contributed by atoms with Crippen molar-refractivity contribution in [3.05, 3.63) is 0 Å². The molecule has 0 N–H and O–H groups in total. The van der Waals surface area contributed by atoms with Crippen molar-refractivity contribution >= 4 is 5.97 Å². The van der Waals surface area contributed by atoms with E-state index in [0.29, 0.717) is 19.6 Å². The Morgan fingerprint density at radius 1 is 1.15 bits per heavy atom. The lowest BCUT2D eigenvalue weighted by atomic mass is 10.0. The van der Waals surface area contributed by atoms with E-state index >= 15 is 0 Å². The summed E-state index contributed by atoms with van der Waals surface area (Å²) in [5.41, 5.74) is -1.03. The molecule has 4 rings (SSSR count). The van der Waals surface area contributed by atoms with E-state index < -0.39 is 23.6 Å². The Morgan fingerprint density at radius 3 is 2.56 bits per heavy atom. The van der Waals surface area contributed by atoms with Crippen LogP contribution < -0.4 is 0 Å². The van der Waals surface area contributed by atoms with Gasteiger partial charge >= 0.3 is 5.97 Å². The van der Waals surface area contributed by atoms with Crippen LogP contribution in [0.3, 0.4) is 0 Å². The zero-order valence-electron chi connectivity index (χ0n) is 16.5. The van der Waals surface area contributed by atoms with Crippen molar-refractivity contribution in [3.63, 3.8) is 0 Å². The van der Waals surface area contributed by atoms with Crippen LogP contribution in [-0.4, -0.2) is 79.6 Å². The molecule has 0 bridgehead atoms. The molecular formula is C18H29NO8. The molecule has 0 amide bonds. The average Bonchev–Trinajstić information content (AvgIpc) is 3.37. The SMILES string of the molecule is CCC1OCC(C2OC(N3CCC(C)(C(=O)OC)O3)C3OC(C)(C)OC23)O1. The Balaban J connectivity index is 1.51. The first-order valence-corrected chi connectivity index (χ1v) is 9.58. The number of carbonyl (C=O) groups excluding carboxylic acids is 1. The van der Waals surface area contributed by atoms with Crippen LogP contribution in [0.25, 0.3) is 0 Å². The molecule has 0 aliphatic carbocycles. The number of carbonyl (C=O) groups is 1. The number of fused-ring (bicyclic) bond motifs is 1. The first-order valence-electron chi connectivity index (χ1n) is 9.58.